The highest BCUT2D eigenvalue weighted by Crippen LogP contribution is 2.26. The van der Waals surface area contributed by atoms with Crippen molar-refractivity contribution in [2.75, 3.05) is 48.3 Å². The molecule has 0 spiro atoms. The van der Waals surface area contributed by atoms with Gasteiger partial charge < -0.3 is 26.2 Å². The standard InChI is InChI=1S/C24H33N7O2/c1-17(32)30-11-13-31(14-12-30)20-9-7-19(8-10-20)27-22-15-21(23(24(25)33)29-28-22)26-16-18-5-3-2-4-6-18/h7-10,15,18H,2-6,11-14,16H2,1H3,(H2,25,33)(H2,26,27,28). The van der Waals surface area contributed by atoms with E-state index in [2.05, 4.69) is 37.9 Å². The van der Waals surface area contributed by atoms with Gasteiger partial charge in [-0.05, 0) is 43.0 Å². The molecule has 0 atom stereocenters. The van der Waals surface area contributed by atoms with Crippen molar-refractivity contribution in [3.8, 4) is 0 Å². The van der Waals surface area contributed by atoms with Crippen LogP contribution in [0.15, 0.2) is 30.3 Å². The molecule has 2 aromatic rings. The number of nitrogens with two attached hydrogens (primary N) is 1. The molecule has 0 radical (unpaired) electrons. The predicted octanol–water partition coefficient (Wildman–Crippen LogP) is 2.98. The number of hydrogen-bond donors (Lipinski definition) is 3. The Morgan fingerprint density at radius 1 is 1.03 bits per heavy atom. The van der Waals surface area contributed by atoms with E-state index in [1.807, 2.05) is 17.0 Å². The van der Waals surface area contributed by atoms with Gasteiger partial charge in [-0.2, -0.15) is 0 Å². The Labute approximate surface area is 194 Å². The summed E-state index contributed by atoms with van der Waals surface area (Å²) < 4.78 is 0. The first-order chi connectivity index (χ1) is 16.0. The van der Waals surface area contributed by atoms with E-state index in [-0.39, 0.29) is 11.6 Å². The molecule has 1 aliphatic heterocycles. The summed E-state index contributed by atoms with van der Waals surface area (Å²) in [5.74, 6) is 0.697. The average Bonchev–Trinajstić information content (AvgIpc) is 2.84. The molecular formula is C24H33N7O2. The molecule has 4 N–H and O–H groups in total. The van der Waals surface area contributed by atoms with Crippen LogP contribution in [0.1, 0.15) is 49.5 Å². The summed E-state index contributed by atoms with van der Waals surface area (Å²) in [6, 6.07) is 9.89. The summed E-state index contributed by atoms with van der Waals surface area (Å²) >= 11 is 0. The third kappa shape index (κ3) is 5.91. The average molecular weight is 452 g/mol. The highest BCUT2D eigenvalue weighted by atomic mass is 16.2. The summed E-state index contributed by atoms with van der Waals surface area (Å²) in [6.07, 6.45) is 6.25. The van der Waals surface area contributed by atoms with Gasteiger partial charge in [0.2, 0.25) is 5.91 Å². The highest BCUT2D eigenvalue weighted by Gasteiger charge is 2.19. The number of carbonyl (C=O) groups excluding carboxylic acids is 2. The lowest BCUT2D eigenvalue weighted by Gasteiger charge is -2.35. The number of hydrogen-bond acceptors (Lipinski definition) is 7. The van der Waals surface area contributed by atoms with Crippen LogP contribution in [0.3, 0.4) is 0 Å². The van der Waals surface area contributed by atoms with Crippen molar-refractivity contribution in [3.05, 3.63) is 36.0 Å². The molecule has 33 heavy (non-hydrogen) atoms. The van der Waals surface area contributed by atoms with Crippen LogP contribution in [0.25, 0.3) is 0 Å². The van der Waals surface area contributed by atoms with Crippen LogP contribution in [-0.4, -0.2) is 59.6 Å². The molecule has 1 aromatic carbocycles. The lowest BCUT2D eigenvalue weighted by Crippen LogP contribution is -2.48. The van der Waals surface area contributed by atoms with Crippen molar-refractivity contribution < 1.29 is 9.59 Å². The Morgan fingerprint density at radius 3 is 2.36 bits per heavy atom. The lowest BCUT2D eigenvalue weighted by atomic mass is 9.89. The van der Waals surface area contributed by atoms with Gasteiger partial charge in [-0.3, -0.25) is 9.59 Å². The molecule has 1 aliphatic carbocycles. The second-order valence-corrected chi connectivity index (χ2v) is 8.91. The van der Waals surface area contributed by atoms with Gasteiger partial charge in [-0.15, -0.1) is 10.2 Å². The van der Waals surface area contributed by atoms with E-state index in [0.29, 0.717) is 17.4 Å². The predicted molar refractivity (Wildman–Crippen MR) is 130 cm³/mol. The van der Waals surface area contributed by atoms with E-state index >= 15 is 0 Å². The molecule has 2 heterocycles. The Bertz CT molecular complexity index is 965. The zero-order valence-corrected chi connectivity index (χ0v) is 19.2. The minimum absolute atomic E-state index is 0.130. The van der Waals surface area contributed by atoms with Gasteiger partial charge in [0.15, 0.2) is 11.5 Å². The minimum atomic E-state index is -0.589. The molecule has 0 unspecified atom stereocenters. The largest absolute Gasteiger partial charge is 0.383 e. The molecule has 1 saturated heterocycles. The van der Waals surface area contributed by atoms with Crippen molar-refractivity contribution in [2.45, 2.75) is 39.0 Å². The number of benzene rings is 1. The molecule has 2 fully saturated rings. The maximum absolute atomic E-state index is 11.8. The molecule has 1 saturated carbocycles. The number of amides is 2. The third-order valence-electron chi connectivity index (χ3n) is 6.56. The van der Waals surface area contributed by atoms with E-state index in [1.54, 1.807) is 13.0 Å². The number of piperazine rings is 1. The zero-order valence-electron chi connectivity index (χ0n) is 19.2. The molecular weight excluding hydrogens is 418 g/mol. The van der Waals surface area contributed by atoms with Crippen LogP contribution in [0, 0.1) is 5.92 Å². The molecule has 1 aromatic heterocycles. The van der Waals surface area contributed by atoms with Crippen molar-refractivity contribution in [1.82, 2.24) is 15.1 Å². The Morgan fingerprint density at radius 2 is 1.73 bits per heavy atom. The van der Waals surface area contributed by atoms with E-state index in [4.69, 9.17) is 5.73 Å². The van der Waals surface area contributed by atoms with Gasteiger partial charge in [0.1, 0.15) is 0 Å². The molecule has 4 rings (SSSR count). The van der Waals surface area contributed by atoms with Crippen LogP contribution in [0.2, 0.25) is 0 Å². The summed E-state index contributed by atoms with van der Waals surface area (Å²) in [7, 11) is 0. The third-order valence-corrected chi connectivity index (χ3v) is 6.56. The van der Waals surface area contributed by atoms with Crippen LogP contribution in [-0.2, 0) is 4.79 Å². The van der Waals surface area contributed by atoms with Crippen LogP contribution in [0.5, 0.6) is 0 Å². The Hall–Kier alpha value is -3.36. The van der Waals surface area contributed by atoms with Crippen LogP contribution < -0.4 is 21.3 Å². The number of nitrogens with one attached hydrogen (secondary N) is 2. The fourth-order valence-corrected chi connectivity index (χ4v) is 4.60. The number of rotatable bonds is 7. The summed E-state index contributed by atoms with van der Waals surface area (Å²) in [6.45, 7) is 5.55. The number of carbonyl (C=O) groups is 2. The SMILES string of the molecule is CC(=O)N1CCN(c2ccc(Nc3cc(NCC4CCCCC4)c(C(N)=O)nn3)cc2)CC1. The van der Waals surface area contributed by atoms with E-state index < -0.39 is 5.91 Å². The Kier molecular flexibility index (Phi) is 7.26. The fraction of sp³-hybridized carbons (Fsp3) is 0.500. The molecule has 176 valence electrons. The van der Waals surface area contributed by atoms with Gasteiger partial charge in [-0.1, -0.05) is 19.3 Å². The monoisotopic (exact) mass is 451 g/mol. The minimum Gasteiger partial charge on any atom is -0.383 e. The van der Waals surface area contributed by atoms with Crippen molar-refractivity contribution in [2.24, 2.45) is 11.7 Å². The molecule has 2 aliphatic rings. The van der Waals surface area contributed by atoms with Gasteiger partial charge in [0, 0.05) is 57.1 Å². The fourth-order valence-electron chi connectivity index (χ4n) is 4.60. The number of nitrogens with zero attached hydrogens (tertiary/aromatic N) is 4. The quantitative estimate of drug-likeness (QED) is 0.592. The van der Waals surface area contributed by atoms with Crippen molar-refractivity contribution >= 4 is 34.7 Å². The first-order valence-corrected chi connectivity index (χ1v) is 11.8. The molecule has 9 heteroatoms. The first kappa shape index (κ1) is 22.8. The molecule has 9 nitrogen and oxygen atoms in total. The van der Waals surface area contributed by atoms with E-state index in [1.165, 1.54) is 32.1 Å². The lowest BCUT2D eigenvalue weighted by molar-refractivity contribution is -0.129. The van der Waals surface area contributed by atoms with Crippen molar-refractivity contribution in [3.63, 3.8) is 0 Å². The second-order valence-electron chi connectivity index (χ2n) is 8.91. The van der Waals surface area contributed by atoms with Gasteiger partial charge in [-0.25, -0.2) is 0 Å². The van der Waals surface area contributed by atoms with E-state index in [9.17, 15) is 9.59 Å². The topological polar surface area (TPSA) is 116 Å². The molecule has 2 amide bonds. The zero-order chi connectivity index (χ0) is 23.2. The van der Waals surface area contributed by atoms with Gasteiger partial charge >= 0.3 is 0 Å². The van der Waals surface area contributed by atoms with Crippen molar-refractivity contribution in [1.29, 1.82) is 0 Å². The Balaban J connectivity index is 1.39. The highest BCUT2D eigenvalue weighted by molar-refractivity contribution is 5.96. The van der Waals surface area contributed by atoms with Crippen LogP contribution >= 0.6 is 0 Å². The number of primary amides is 1. The smallest absolute Gasteiger partial charge is 0.271 e. The summed E-state index contributed by atoms with van der Waals surface area (Å²) in [5.41, 5.74) is 8.28. The van der Waals surface area contributed by atoms with Gasteiger partial charge in [0.25, 0.3) is 5.91 Å². The molecule has 0 bridgehead atoms. The van der Waals surface area contributed by atoms with E-state index in [0.717, 1.165) is 44.1 Å². The maximum atomic E-state index is 11.8. The second kappa shape index (κ2) is 10.5. The summed E-state index contributed by atoms with van der Waals surface area (Å²) in [5, 5.41) is 14.8. The normalized spacial score (nSPS) is 17.0. The number of anilines is 4. The summed E-state index contributed by atoms with van der Waals surface area (Å²) in [4.78, 5) is 27.5. The van der Waals surface area contributed by atoms with Crippen LogP contribution in [0.4, 0.5) is 22.9 Å². The first-order valence-electron chi connectivity index (χ1n) is 11.8. The van der Waals surface area contributed by atoms with Gasteiger partial charge in [0.05, 0.1) is 5.69 Å². The number of aromatic nitrogens is 2. The maximum Gasteiger partial charge on any atom is 0.271 e.